The highest BCUT2D eigenvalue weighted by molar-refractivity contribution is 5.90. The van der Waals surface area contributed by atoms with Gasteiger partial charge in [-0.25, -0.2) is 9.18 Å². The number of nitrogens with zero attached hydrogens (tertiary/aromatic N) is 1. The molecule has 1 aromatic heterocycles. The highest BCUT2D eigenvalue weighted by Gasteiger charge is 2.12. The zero-order chi connectivity index (χ0) is 12.4. The van der Waals surface area contributed by atoms with Gasteiger partial charge in [0, 0.05) is 17.6 Å². The normalized spacial score (nSPS) is 10.5. The van der Waals surface area contributed by atoms with Gasteiger partial charge in [-0.05, 0) is 19.1 Å². The van der Waals surface area contributed by atoms with Crippen LogP contribution in [0, 0.1) is 5.82 Å². The van der Waals surface area contributed by atoms with Crippen molar-refractivity contribution in [2.75, 3.05) is 13.7 Å². The Morgan fingerprint density at radius 1 is 1.47 bits per heavy atom. The van der Waals surface area contributed by atoms with Gasteiger partial charge >= 0.3 is 6.09 Å². The first-order valence-corrected chi connectivity index (χ1v) is 5.19. The van der Waals surface area contributed by atoms with E-state index >= 15 is 0 Å². The fourth-order valence-electron chi connectivity index (χ4n) is 1.66. The molecule has 0 saturated carbocycles. The van der Waals surface area contributed by atoms with Crippen LogP contribution in [0.1, 0.15) is 6.92 Å². The molecule has 90 valence electrons. The molecule has 0 radical (unpaired) electrons. The third kappa shape index (κ3) is 1.95. The number of rotatable bonds is 2. The molecule has 0 spiro atoms. The van der Waals surface area contributed by atoms with Crippen molar-refractivity contribution in [3.8, 4) is 5.75 Å². The third-order valence-corrected chi connectivity index (χ3v) is 2.42. The van der Waals surface area contributed by atoms with E-state index in [2.05, 4.69) is 4.74 Å². The van der Waals surface area contributed by atoms with Crippen LogP contribution in [0.4, 0.5) is 9.18 Å². The minimum absolute atomic E-state index is 0.183. The Bertz CT molecular complexity index is 562. The second-order valence-corrected chi connectivity index (χ2v) is 3.43. The predicted molar refractivity (Wildman–Crippen MR) is 60.9 cm³/mol. The van der Waals surface area contributed by atoms with Crippen LogP contribution in [0.15, 0.2) is 24.4 Å². The summed E-state index contributed by atoms with van der Waals surface area (Å²) in [6.07, 6.45) is 0.981. The van der Waals surface area contributed by atoms with Gasteiger partial charge in [-0.15, -0.1) is 0 Å². The SMILES string of the molecule is CCOc1cc2ccn(C(=O)OC)c2cc1F. The van der Waals surface area contributed by atoms with E-state index in [0.717, 1.165) is 5.39 Å². The maximum Gasteiger partial charge on any atom is 0.418 e. The Balaban J connectivity index is 2.56. The highest BCUT2D eigenvalue weighted by atomic mass is 19.1. The Morgan fingerprint density at radius 3 is 2.88 bits per heavy atom. The van der Waals surface area contributed by atoms with Gasteiger partial charge in [0.25, 0.3) is 0 Å². The summed E-state index contributed by atoms with van der Waals surface area (Å²) in [5, 5.41) is 0.722. The number of carbonyl (C=O) groups excluding carboxylic acids is 1. The molecule has 0 aliphatic heterocycles. The maximum atomic E-state index is 13.6. The minimum Gasteiger partial charge on any atom is -0.491 e. The Kier molecular flexibility index (Phi) is 2.99. The van der Waals surface area contributed by atoms with Crippen LogP contribution < -0.4 is 4.74 Å². The van der Waals surface area contributed by atoms with Gasteiger partial charge < -0.3 is 9.47 Å². The lowest BCUT2D eigenvalue weighted by atomic mass is 10.2. The zero-order valence-corrected chi connectivity index (χ0v) is 9.57. The zero-order valence-electron chi connectivity index (χ0n) is 9.57. The summed E-state index contributed by atoms with van der Waals surface area (Å²) in [4.78, 5) is 11.4. The van der Waals surface area contributed by atoms with Crippen LogP contribution in [0.5, 0.6) is 5.75 Å². The average molecular weight is 237 g/mol. The van der Waals surface area contributed by atoms with Crippen LogP contribution in [0.3, 0.4) is 0 Å². The molecule has 0 amide bonds. The first-order valence-electron chi connectivity index (χ1n) is 5.19. The van der Waals surface area contributed by atoms with Crippen molar-refractivity contribution in [1.29, 1.82) is 0 Å². The van der Waals surface area contributed by atoms with Crippen LogP contribution in [0.2, 0.25) is 0 Å². The molecule has 0 N–H and O–H groups in total. The molecule has 0 aliphatic rings. The average Bonchev–Trinajstić information content (AvgIpc) is 2.72. The number of carbonyl (C=O) groups is 1. The number of fused-ring (bicyclic) bond motifs is 1. The van der Waals surface area contributed by atoms with Crippen molar-refractivity contribution < 1.29 is 18.7 Å². The van der Waals surface area contributed by atoms with Gasteiger partial charge in [-0.2, -0.15) is 0 Å². The molecule has 17 heavy (non-hydrogen) atoms. The smallest absolute Gasteiger partial charge is 0.418 e. The molecule has 0 bridgehead atoms. The number of hydrogen-bond acceptors (Lipinski definition) is 3. The van der Waals surface area contributed by atoms with Crippen LogP contribution >= 0.6 is 0 Å². The molecule has 2 rings (SSSR count). The van der Waals surface area contributed by atoms with Gasteiger partial charge in [0.1, 0.15) is 0 Å². The lowest BCUT2D eigenvalue weighted by Gasteiger charge is -2.06. The molecule has 4 nitrogen and oxygen atoms in total. The molecule has 0 unspecified atom stereocenters. The summed E-state index contributed by atoms with van der Waals surface area (Å²) in [7, 11) is 1.28. The quantitative estimate of drug-likeness (QED) is 0.806. The van der Waals surface area contributed by atoms with E-state index < -0.39 is 11.9 Å². The molecule has 0 saturated heterocycles. The largest absolute Gasteiger partial charge is 0.491 e. The van der Waals surface area contributed by atoms with Crippen LogP contribution in [-0.2, 0) is 4.74 Å². The molecule has 1 heterocycles. The fourth-order valence-corrected chi connectivity index (χ4v) is 1.66. The molecule has 0 atom stereocenters. The van der Waals surface area contributed by atoms with Crippen LogP contribution in [-0.4, -0.2) is 24.4 Å². The molecule has 2 aromatic rings. The van der Waals surface area contributed by atoms with E-state index in [0.29, 0.717) is 12.1 Å². The summed E-state index contributed by atoms with van der Waals surface area (Å²) in [6, 6.07) is 4.53. The van der Waals surface area contributed by atoms with Crippen molar-refractivity contribution in [2.45, 2.75) is 6.92 Å². The predicted octanol–water partition coefficient (Wildman–Crippen LogP) is 2.79. The summed E-state index contributed by atoms with van der Waals surface area (Å²) in [5.74, 6) is -0.314. The Labute approximate surface area is 97.5 Å². The summed E-state index contributed by atoms with van der Waals surface area (Å²) >= 11 is 0. The van der Waals surface area contributed by atoms with E-state index in [-0.39, 0.29) is 5.75 Å². The van der Waals surface area contributed by atoms with Gasteiger partial charge in [-0.1, -0.05) is 0 Å². The second-order valence-electron chi connectivity index (χ2n) is 3.43. The van der Waals surface area contributed by atoms with Crippen molar-refractivity contribution in [1.82, 2.24) is 4.57 Å². The topological polar surface area (TPSA) is 40.5 Å². The number of halogens is 1. The molecule has 0 fully saturated rings. The van der Waals surface area contributed by atoms with E-state index in [9.17, 15) is 9.18 Å². The molecule has 0 aliphatic carbocycles. The minimum atomic E-state index is -0.552. The number of ether oxygens (including phenoxy) is 2. The summed E-state index contributed by atoms with van der Waals surface area (Å²) in [5.41, 5.74) is 0.456. The number of benzene rings is 1. The lowest BCUT2D eigenvalue weighted by Crippen LogP contribution is -2.09. The Morgan fingerprint density at radius 2 is 2.24 bits per heavy atom. The summed E-state index contributed by atoms with van der Waals surface area (Å²) in [6.45, 7) is 2.17. The van der Waals surface area contributed by atoms with Crippen molar-refractivity contribution >= 4 is 17.0 Å². The lowest BCUT2D eigenvalue weighted by molar-refractivity contribution is 0.174. The molecule has 5 heteroatoms. The van der Waals surface area contributed by atoms with E-state index in [4.69, 9.17) is 4.74 Å². The van der Waals surface area contributed by atoms with Crippen LogP contribution in [0.25, 0.3) is 10.9 Å². The standard InChI is InChI=1S/C12H12FNO3/c1-3-17-11-6-8-4-5-14(12(15)16-2)10(8)7-9(11)13/h4-7H,3H2,1-2H3. The Hall–Kier alpha value is -2.04. The number of hydrogen-bond donors (Lipinski definition) is 0. The first-order chi connectivity index (χ1) is 8.17. The second kappa shape index (κ2) is 4.45. The fraction of sp³-hybridized carbons (Fsp3) is 0.250. The third-order valence-electron chi connectivity index (χ3n) is 2.42. The molecular formula is C12H12FNO3. The summed E-state index contributed by atoms with van der Waals surface area (Å²) < 4.78 is 24.6. The van der Waals surface area contributed by atoms with Gasteiger partial charge in [-0.3, -0.25) is 4.57 Å². The number of methoxy groups -OCH3 is 1. The maximum absolute atomic E-state index is 13.6. The van der Waals surface area contributed by atoms with E-state index in [1.807, 2.05) is 0 Å². The molecular weight excluding hydrogens is 225 g/mol. The van der Waals surface area contributed by atoms with Gasteiger partial charge in [0.05, 0.1) is 19.2 Å². The highest BCUT2D eigenvalue weighted by Crippen LogP contribution is 2.25. The van der Waals surface area contributed by atoms with Crippen molar-refractivity contribution in [3.63, 3.8) is 0 Å². The van der Waals surface area contributed by atoms with Crippen molar-refractivity contribution in [2.24, 2.45) is 0 Å². The van der Waals surface area contributed by atoms with E-state index in [1.54, 1.807) is 19.1 Å². The van der Waals surface area contributed by atoms with Gasteiger partial charge in [0.15, 0.2) is 11.6 Å². The molecule has 1 aromatic carbocycles. The van der Waals surface area contributed by atoms with E-state index in [1.165, 1.54) is 23.9 Å². The monoisotopic (exact) mass is 237 g/mol. The van der Waals surface area contributed by atoms with Gasteiger partial charge in [0.2, 0.25) is 0 Å². The van der Waals surface area contributed by atoms with Crippen molar-refractivity contribution in [3.05, 3.63) is 30.2 Å². The first kappa shape index (κ1) is 11.4. The number of aromatic nitrogens is 1.